The second kappa shape index (κ2) is 4.47. The number of aromatic nitrogens is 3. The molecule has 0 amide bonds. The molecule has 0 aliphatic carbocycles. The van der Waals surface area contributed by atoms with Crippen molar-refractivity contribution in [2.75, 3.05) is 0 Å². The van der Waals surface area contributed by atoms with Crippen molar-refractivity contribution in [1.82, 2.24) is 14.5 Å². The number of pyridine rings is 1. The first-order valence-corrected chi connectivity index (χ1v) is 6.11. The minimum absolute atomic E-state index is 0.443. The number of thiocarbonyl (C=S) groups is 1. The third-order valence-corrected chi connectivity index (χ3v) is 2.82. The Kier molecular flexibility index (Phi) is 3.20. The summed E-state index contributed by atoms with van der Waals surface area (Å²) >= 11 is 8.31. The zero-order valence-corrected chi connectivity index (χ0v) is 11.2. The molecule has 0 radical (unpaired) electrons. The summed E-state index contributed by atoms with van der Waals surface area (Å²) in [6.07, 6.45) is 2.58. The van der Waals surface area contributed by atoms with Gasteiger partial charge in [-0.3, -0.25) is 0 Å². The van der Waals surface area contributed by atoms with Crippen LogP contribution in [0.1, 0.15) is 12.7 Å². The van der Waals surface area contributed by atoms with Gasteiger partial charge in [-0.1, -0.05) is 19.1 Å². The van der Waals surface area contributed by atoms with E-state index in [4.69, 9.17) is 18.0 Å². The van der Waals surface area contributed by atoms with Crippen LogP contribution in [0.15, 0.2) is 16.7 Å². The summed E-state index contributed by atoms with van der Waals surface area (Å²) in [6, 6.07) is 1.94. The van der Waals surface area contributed by atoms with E-state index in [-0.39, 0.29) is 0 Å². The molecule has 2 heterocycles. The van der Waals surface area contributed by atoms with Crippen LogP contribution in [-0.4, -0.2) is 19.5 Å². The van der Waals surface area contributed by atoms with Gasteiger partial charge >= 0.3 is 0 Å². The van der Waals surface area contributed by atoms with E-state index in [9.17, 15) is 0 Å². The van der Waals surface area contributed by atoms with Gasteiger partial charge in [0.1, 0.15) is 11.3 Å². The highest BCUT2D eigenvalue weighted by Crippen LogP contribution is 2.18. The van der Waals surface area contributed by atoms with Gasteiger partial charge in [-0.05, 0) is 22.0 Å². The Bertz CT molecular complexity index is 549. The molecule has 2 aromatic rings. The van der Waals surface area contributed by atoms with Crippen LogP contribution in [0.2, 0.25) is 0 Å². The molecule has 0 aliphatic heterocycles. The van der Waals surface area contributed by atoms with Gasteiger partial charge in [-0.2, -0.15) is 0 Å². The van der Waals surface area contributed by atoms with Crippen LogP contribution in [0.25, 0.3) is 11.2 Å². The smallest absolute Gasteiger partial charge is 0.160 e. The van der Waals surface area contributed by atoms with Crippen molar-refractivity contribution in [2.24, 2.45) is 5.73 Å². The Hall–Kier alpha value is -1.01. The number of fused-ring (bicyclic) bond motifs is 1. The molecule has 0 unspecified atom stereocenters. The molecule has 0 saturated heterocycles. The number of rotatable bonds is 3. The van der Waals surface area contributed by atoms with Crippen molar-refractivity contribution in [3.8, 4) is 0 Å². The van der Waals surface area contributed by atoms with Crippen molar-refractivity contribution in [1.29, 1.82) is 0 Å². The highest BCUT2D eigenvalue weighted by Gasteiger charge is 2.11. The number of aryl methyl sites for hydroxylation is 1. The molecule has 0 saturated carbocycles. The van der Waals surface area contributed by atoms with Gasteiger partial charge in [0.2, 0.25) is 0 Å². The molecule has 0 fully saturated rings. The number of hydrogen-bond acceptors (Lipinski definition) is 3. The summed E-state index contributed by atoms with van der Waals surface area (Å²) in [6.45, 7) is 2.54. The van der Waals surface area contributed by atoms with E-state index in [1.54, 1.807) is 6.20 Å². The molecule has 0 aromatic carbocycles. The van der Waals surface area contributed by atoms with Crippen LogP contribution in [0.5, 0.6) is 0 Å². The Balaban J connectivity index is 2.63. The molecular weight excluding hydrogens is 288 g/mol. The van der Waals surface area contributed by atoms with Gasteiger partial charge in [0.15, 0.2) is 5.65 Å². The van der Waals surface area contributed by atoms with E-state index >= 15 is 0 Å². The van der Waals surface area contributed by atoms with Crippen LogP contribution >= 0.6 is 28.1 Å². The lowest BCUT2D eigenvalue weighted by Gasteiger charge is -2.05. The van der Waals surface area contributed by atoms with Crippen molar-refractivity contribution in [3.63, 3.8) is 0 Å². The molecular formula is C10H11BrN4S. The van der Waals surface area contributed by atoms with Crippen LogP contribution in [0.4, 0.5) is 0 Å². The fourth-order valence-electron chi connectivity index (χ4n) is 1.63. The second-order valence-electron chi connectivity index (χ2n) is 3.43. The predicted octanol–water partition coefficient (Wildman–Crippen LogP) is 2.04. The first-order valence-electron chi connectivity index (χ1n) is 4.90. The van der Waals surface area contributed by atoms with Gasteiger partial charge in [-0.25, -0.2) is 9.97 Å². The molecule has 2 rings (SSSR count). The van der Waals surface area contributed by atoms with Crippen LogP contribution in [-0.2, 0) is 13.0 Å². The van der Waals surface area contributed by atoms with Crippen LogP contribution < -0.4 is 5.73 Å². The number of hydrogen-bond donors (Lipinski definition) is 1. The molecule has 4 nitrogen and oxygen atoms in total. The second-order valence-corrected chi connectivity index (χ2v) is 4.87. The highest BCUT2D eigenvalue weighted by atomic mass is 79.9. The van der Waals surface area contributed by atoms with Crippen molar-refractivity contribution in [3.05, 3.63) is 22.6 Å². The quantitative estimate of drug-likeness (QED) is 0.881. The SMILES string of the molecule is CCc1nc2cc(Br)cnc2n1CC(N)=S. The molecule has 0 aliphatic rings. The molecule has 16 heavy (non-hydrogen) atoms. The predicted molar refractivity (Wildman–Crippen MR) is 71.4 cm³/mol. The average Bonchev–Trinajstić information content (AvgIpc) is 2.55. The summed E-state index contributed by atoms with van der Waals surface area (Å²) in [4.78, 5) is 9.28. The summed E-state index contributed by atoms with van der Waals surface area (Å²) < 4.78 is 2.88. The average molecular weight is 299 g/mol. The zero-order valence-electron chi connectivity index (χ0n) is 8.77. The topological polar surface area (TPSA) is 56.7 Å². The van der Waals surface area contributed by atoms with E-state index in [0.717, 1.165) is 27.9 Å². The van der Waals surface area contributed by atoms with Crippen molar-refractivity contribution >= 4 is 44.3 Å². The molecule has 6 heteroatoms. The molecule has 0 bridgehead atoms. The number of nitrogens with zero attached hydrogens (tertiary/aromatic N) is 3. The zero-order chi connectivity index (χ0) is 11.7. The lowest BCUT2D eigenvalue weighted by atomic mass is 10.4. The fraction of sp³-hybridized carbons (Fsp3) is 0.300. The first kappa shape index (κ1) is 11.5. The molecule has 0 spiro atoms. The molecule has 2 aromatic heterocycles. The van der Waals surface area contributed by atoms with E-state index in [0.29, 0.717) is 11.5 Å². The number of halogens is 1. The lowest BCUT2D eigenvalue weighted by Crippen LogP contribution is -2.18. The van der Waals surface area contributed by atoms with Crippen LogP contribution in [0.3, 0.4) is 0 Å². The summed E-state index contributed by atoms with van der Waals surface area (Å²) in [5, 5.41) is 0. The summed E-state index contributed by atoms with van der Waals surface area (Å²) in [5.41, 5.74) is 7.26. The maximum atomic E-state index is 5.57. The largest absolute Gasteiger partial charge is 0.392 e. The third kappa shape index (κ3) is 2.08. The van der Waals surface area contributed by atoms with Gasteiger partial charge in [0.05, 0.1) is 11.5 Å². The van der Waals surface area contributed by atoms with E-state index in [1.807, 2.05) is 17.6 Å². The Morgan fingerprint density at radius 1 is 1.62 bits per heavy atom. The minimum Gasteiger partial charge on any atom is -0.392 e. The summed E-state index contributed by atoms with van der Waals surface area (Å²) in [5.74, 6) is 0.952. The Labute approximate surface area is 107 Å². The Morgan fingerprint density at radius 3 is 3.00 bits per heavy atom. The van der Waals surface area contributed by atoms with Gasteiger partial charge in [-0.15, -0.1) is 0 Å². The molecule has 84 valence electrons. The van der Waals surface area contributed by atoms with Gasteiger partial charge in [0.25, 0.3) is 0 Å². The first-order chi connectivity index (χ1) is 7.61. The lowest BCUT2D eigenvalue weighted by molar-refractivity contribution is 0.784. The van der Waals surface area contributed by atoms with Crippen molar-refractivity contribution in [2.45, 2.75) is 19.9 Å². The number of imidazole rings is 1. The monoisotopic (exact) mass is 298 g/mol. The third-order valence-electron chi connectivity index (χ3n) is 2.26. The van der Waals surface area contributed by atoms with E-state index in [1.165, 1.54) is 0 Å². The molecule has 0 atom stereocenters. The maximum absolute atomic E-state index is 5.57. The van der Waals surface area contributed by atoms with Crippen molar-refractivity contribution < 1.29 is 0 Å². The van der Waals surface area contributed by atoms with Gasteiger partial charge < -0.3 is 10.3 Å². The number of nitrogens with two attached hydrogens (primary N) is 1. The standard InChI is InChI=1S/C10H11BrN4S/c1-2-9-14-7-3-6(11)4-13-10(7)15(9)5-8(12)16/h3-4H,2,5H2,1H3,(H2,12,16). The van der Waals surface area contributed by atoms with Gasteiger partial charge in [0, 0.05) is 17.1 Å². The molecule has 2 N–H and O–H groups in total. The van der Waals surface area contributed by atoms with E-state index in [2.05, 4.69) is 25.9 Å². The highest BCUT2D eigenvalue weighted by molar-refractivity contribution is 9.10. The normalized spacial score (nSPS) is 10.9. The van der Waals surface area contributed by atoms with E-state index < -0.39 is 0 Å². The fourth-order valence-corrected chi connectivity index (χ4v) is 2.07. The van der Waals surface area contributed by atoms with Crippen LogP contribution in [0, 0.1) is 0 Å². The minimum atomic E-state index is 0.443. The summed E-state index contributed by atoms with van der Waals surface area (Å²) in [7, 11) is 0. The Morgan fingerprint density at radius 2 is 2.38 bits per heavy atom. The maximum Gasteiger partial charge on any atom is 0.160 e.